The van der Waals surface area contributed by atoms with Crippen LogP contribution in [0.2, 0.25) is 0 Å². The second-order valence-corrected chi connectivity index (χ2v) is 9.97. The van der Waals surface area contributed by atoms with E-state index in [1.54, 1.807) is 13.2 Å². The summed E-state index contributed by atoms with van der Waals surface area (Å²) >= 11 is 0. The number of hydrogen-bond acceptors (Lipinski definition) is 4. The summed E-state index contributed by atoms with van der Waals surface area (Å²) in [5.41, 5.74) is 2.65. The number of nitrogens with zero attached hydrogens (tertiary/aromatic N) is 4. The number of ether oxygens (including phenoxy) is 1. The summed E-state index contributed by atoms with van der Waals surface area (Å²) < 4.78 is 6.14. The zero-order valence-electron chi connectivity index (χ0n) is 22.7. The number of carbonyl (C=O) groups is 1. The standard InChI is InChI=1S/C28H40N6O2/c1-9-15-30-24(34-16-13-28(10-2,14-17-34)36-19(3)4)20(5)31-26(29-8)32-21-11-12-22-23(18-21)33-25(35)27(22,6)7/h9,11-12,15,18H,3,10,13-14,16-17H2,1-2,4-8H3,(H,29,32)(H,33,35)/b15-9-,30-24?,31-20?. The smallest absolute Gasteiger partial charge is 0.234 e. The van der Waals surface area contributed by atoms with Gasteiger partial charge in [-0.05, 0) is 58.7 Å². The fourth-order valence-electron chi connectivity index (χ4n) is 4.72. The van der Waals surface area contributed by atoms with E-state index in [-0.39, 0.29) is 11.5 Å². The van der Waals surface area contributed by atoms with Crippen LogP contribution in [0, 0.1) is 0 Å². The van der Waals surface area contributed by atoms with E-state index in [4.69, 9.17) is 14.7 Å². The van der Waals surface area contributed by atoms with E-state index in [0.717, 1.165) is 66.6 Å². The monoisotopic (exact) mass is 492 g/mol. The highest BCUT2D eigenvalue weighted by Gasteiger charge is 2.38. The minimum atomic E-state index is -0.540. The minimum absolute atomic E-state index is 0.00000378. The predicted molar refractivity (Wildman–Crippen MR) is 150 cm³/mol. The van der Waals surface area contributed by atoms with Gasteiger partial charge in [0.05, 0.1) is 16.9 Å². The fourth-order valence-corrected chi connectivity index (χ4v) is 4.72. The lowest BCUT2D eigenvalue weighted by atomic mass is 9.86. The zero-order chi connectivity index (χ0) is 26.5. The van der Waals surface area contributed by atoms with Crippen molar-refractivity contribution in [1.82, 2.24) is 4.90 Å². The van der Waals surface area contributed by atoms with Crippen LogP contribution in [-0.4, -0.2) is 54.1 Å². The van der Waals surface area contributed by atoms with Crippen molar-refractivity contribution in [3.8, 4) is 0 Å². The van der Waals surface area contributed by atoms with Gasteiger partial charge in [0.1, 0.15) is 11.4 Å². The molecule has 1 aromatic rings. The number of allylic oxidation sites excluding steroid dienone is 2. The van der Waals surface area contributed by atoms with Gasteiger partial charge in [0.25, 0.3) is 0 Å². The maximum atomic E-state index is 12.3. The van der Waals surface area contributed by atoms with Crippen LogP contribution in [0.5, 0.6) is 0 Å². The number of carbonyl (C=O) groups excluding carboxylic acids is 1. The third-order valence-electron chi connectivity index (χ3n) is 6.93. The lowest BCUT2D eigenvalue weighted by molar-refractivity contribution is -0.119. The van der Waals surface area contributed by atoms with Crippen LogP contribution in [0.4, 0.5) is 11.4 Å². The van der Waals surface area contributed by atoms with Gasteiger partial charge in [-0.3, -0.25) is 9.79 Å². The SMILES string of the molecule is C=C(C)OC1(CC)CCN(C(=N/C=C\C)C(C)=NC(=NC)Nc2ccc3c(c2)NC(=O)C3(C)C)CC1. The molecule has 0 saturated carbocycles. The Hall–Kier alpha value is -3.42. The lowest BCUT2D eigenvalue weighted by Crippen LogP contribution is -2.49. The van der Waals surface area contributed by atoms with Crippen molar-refractivity contribution in [2.45, 2.75) is 71.8 Å². The van der Waals surface area contributed by atoms with Gasteiger partial charge in [-0.15, -0.1) is 0 Å². The molecule has 1 saturated heterocycles. The molecule has 0 bridgehead atoms. The summed E-state index contributed by atoms with van der Waals surface area (Å²) in [6.45, 7) is 17.4. The molecule has 0 aromatic heterocycles. The molecule has 2 N–H and O–H groups in total. The zero-order valence-corrected chi connectivity index (χ0v) is 22.7. The number of anilines is 2. The quantitative estimate of drug-likeness (QED) is 0.312. The number of hydrogen-bond donors (Lipinski definition) is 2. The van der Waals surface area contributed by atoms with Crippen LogP contribution in [0.25, 0.3) is 0 Å². The van der Waals surface area contributed by atoms with Crippen LogP contribution in [0.3, 0.4) is 0 Å². The Bertz CT molecular complexity index is 1120. The van der Waals surface area contributed by atoms with Crippen molar-refractivity contribution in [2.24, 2.45) is 15.0 Å². The molecule has 1 aromatic carbocycles. The van der Waals surface area contributed by atoms with Crippen LogP contribution < -0.4 is 10.6 Å². The van der Waals surface area contributed by atoms with Gasteiger partial charge in [0.15, 0.2) is 0 Å². The van der Waals surface area contributed by atoms with E-state index in [9.17, 15) is 4.79 Å². The molecular formula is C28H40N6O2. The Labute approximate surface area is 215 Å². The molecule has 3 rings (SSSR count). The number of likely N-dealkylation sites (tertiary alicyclic amines) is 1. The fraction of sp³-hybridized carbons (Fsp3) is 0.500. The van der Waals surface area contributed by atoms with Crippen molar-refractivity contribution < 1.29 is 9.53 Å². The molecule has 1 amide bonds. The Kier molecular flexibility index (Phi) is 8.38. The Balaban J connectivity index is 1.78. The number of aliphatic imine (C=N–C) groups is 3. The van der Waals surface area contributed by atoms with E-state index in [0.29, 0.717) is 5.96 Å². The molecule has 0 radical (unpaired) electrons. The van der Waals surface area contributed by atoms with Crippen molar-refractivity contribution >= 4 is 34.8 Å². The number of rotatable bonds is 6. The van der Waals surface area contributed by atoms with E-state index >= 15 is 0 Å². The predicted octanol–water partition coefficient (Wildman–Crippen LogP) is 5.50. The molecule has 1 fully saturated rings. The molecule has 36 heavy (non-hydrogen) atoms. The van der Waals surface area contributed by atoms with Gasteiger partial charge in [-0.1, -0.05) is 25.6 Å². The van der Waals surface area contributed by atoms with Gasteiger partial charge >= 0.3 is 0 Å². The van der Waals surface area contributed by atoms with Crippen LogP contribution in [0.15, 0.2) is 57.8 Å². The number of nitrogens with one attached hydrogen (secondary N) is 2. The molecule has 8 nitrogen and oxygen atoms in total. The number of amides is 1. The highest BCUT2D eigenvalue weighted by Crippen LogP contribution is 2.38. The third-order valence-corrected chi connectivity index (χ3v) is 6.93. The largest absolute Gasteiger partial charge is 0.492 e. The normalized spacial score (nSPS) is 19.8. The molecule has 0 aliphatic carbocycles. The van der Waals surface area contributed by atoms with Gasteiger partial charge in [-0.25, -0.2) is 9.98 Å². The van der Waals surface area contributed by atoms with Crippen molar-refractivity contribution in [1.29, 1.82) is 0 Å². The number of piperidine rings is 1. The Morgan fingerprint density at radius 3 is 2.56 bits per heavy atom. The van der Waals surface area contributed by atoms with Gasteiger partial charge in [0.2, 0.25) is 11.9 Å². The van der Waals surface area contributed by atoms with Gasteiger partial charge < -0.3 is 20.3 Å². The summed E-state index contributed by atoms with van der Waals surface area (Å²) in [5.74, 6) is 2.05. The average molecular weight is 493 g/mol. The second kappa shape index (κ2) is 11.1. The van der Waals surface area contributed by atoms with Crippen molar-refractivity contribution in [3.05, 3.63) is 48.4 Å². The molecule has 0 spiro atoms. The average Bonchev–Trinajstić information content (AvgIpc) is 3.06. The minimum Gasteiger partial charge on any atom is -0.492 e. The maximum Gasteiger partial charge on any atom is 0.234 e. The number of amidine groups is 1. The van der Waals surface area contributed by atoms with Crippen LogP contribution in [0.1, 0.15) is 66.4 Å². The summed E-state index contributed by atoms with van der Waals surface area (Å²) in [6.07, 6.45) is 6.43. The molecule has 2 aliphatic heterocycles. The highest BCUT2D eigenvalue weighted by molar-refractivity contribution is 6.42. The molecule has 2 heterocycles. The topological polar surface area (TPSA) is 90.7 Å². The molecule has 2 aliphatic rings. The molecular weight excluding hydrogens is 452 g/mol. The lowest BCUT2D eigenvalue weighted by Gasteiger charge is -2.42. The first-order valence-corrected chi connectivity index (χ1v) is 12.6. The van der Waals surface area contributed by atoms with E-state index in [1.165, 1.54) is 0 Å². The number of fused-ring (bicyclic) bond motifs is 1. The first-order chi connectivity index (χ1) is 17.0. The molecule has 194 valence electrons. The first-order valence-electron chi connectivity index (χ1n) is 12.6. The summed E-state index contributed by atoms with van der Waals surface area (Å²) in [5, 5.41) is 6.24. The van der Waals surface area contributed by atoms with Crippen molar-refractivity contribution in [3.63, 3.8) is 0 Å². The van der Waals surface area contributed by atoms with E-state index in [2.05, 4.69) is 34.0 Å². The summed E-state index contributed by atoms with van der Waals surface area (Å²) in [6, 6.07) is 5.84. The van der Waals surface area contributed by atoms with Gasteiger partial charge in [-0.2, -0.15) is 0 Å². The van der Waals surface area contributed by atoms with Gasteiger partial charge in [0, 0.05) is 50.6 Å². The Morgan fingerprint density at radius 2 is 1.97 bits per heavy atom. The summed E-state index contributed by atoms with van der Waals surface area (Å²) in [4.78, 5) is 28.4. The maximum absolute atomic E-state index is 12.3. The second-order valence-electron chi connectivity index (χ2n) is 9.97. The summed E-state index contributed by atoms with van der Waals surface area (Å²) in [7, 11) is 1.70. The number of guanidine groups is 1. The Morgan fingerprint density at radius 1 is 1.28 bits per heavy atom. The third kappa shape index (κ3) is 5.86. The van der Waals surface area contributed by atoms with E-state index in [1.807, 2.05) is 58.9 Å². The molecule has 0 atom stereocenters. The molecule has 0 unspecified atom stereocenters. The number of benzene rings is 1. The first kappa shape index (κ1) is 27.2. The van der Waals surface area contributed by atoms with E-state index < -0.39 is 5.41 Å². The van der Waals surface area contributed by atoms with Crippen LogP contribution in [-0.2, 0) is 14.9 Å². The van der Waals surface area contributed by atoms with Crippen molar-refractivity contribution in [2.75, 3.05) is 30.8 Å². The highest BCUT2D eigenvalue weighted by atomic mass is 16.5. The molecule has 8 heteroatoms. The van der Waals surface area contributed by atoms with Crippen LogP contribution >= 0.6 is 0 Å².